The summed E-state index contributed by atoms with van der Waals surface area (Å²) in [5.74, 6) is 1.43. The molecule has 0 spiro atoms. The topological polar surface area (TPSA) is 51.7 Å². The lowest BCUT2D eigenvalue weighted by Crippen LogP contribution is -2.35. The molecule has 5 heteroatoms. The first-order chi connectivity index (χ1) is 11.7. The van der Waals surface area contributed by atoms with Crippen LogP contribution < -0.4 is 9.47 Å². The molecule has 2 heterocycles. The van der Waals surface area contributed by atoms with Crippen molar-refractivity contribution in [3.63, 3.8) is 0 Å². The van der Waals surface area contributed by atoms with Gasteiger partial charge in [-0.2, -0.15) is 0 Å². The molecule has 0 atom stereocenters. The summed E-state index contributed by atoms with van der Waals surface area (Å²) in [6.07, 6.45) is 6.69. The predicted octanol–water partition coefficient (Wildman–Crippen LogP) is 3.39. The minimum absolute atomic E-state index is 0.0397. The molecule has 0 saturated carbocycles. The number of ether oxygens (including phenoxy) is 2. The average Bonchev–Trinajstić information content (AvgIpc) is 2.67. The molecule has 1 amide bonds. The van der Waals surface area contributed by atoms with E-state index in [0.717, 1.165) is 37.1 Å². The second-order valence-corrected chi connectivity index (χ2v) is 5.85. The smallest absolute Gasteiger partial charge is 0.255 e. The van der Waals surface area contributed by atoms with Crippen molar-refractivity contribution in [1.29, 1.82) is 0 Å². The number of hydrogen-bond donors (Lipinski definition) is 0. The van der Waals surface area contributed by atoms with E-state index in [0.29, 0.717) is 17.1 Å². The largest absolute Gasteiger partial charge is 0.496 e. The van der Waals surface area contributed by atoms with Crippen molar-refractivity contribution in [2.24, 2.45) is 0 Å². The molecule has 0 unspecified atom stereocenters. The zero-order valence-corrected chi connectivity index (χ0v) is 14.1. The van der Waals surface area contributed by atoms with Crippen molar-refractivity contribution >= 4 is 5.91 Å². The summed E-state index contributed by atoms with van der Waals surface area (Å²) in [6, 6.07) is 7.48. The third-order valence-electron chi connectivity index (χ3n) is 4.34. The molecule has 0 radical (unpaired) electrons. The van der Waals surface area contributed by atoms with Gasteiger partial charge in [-0.1, -0.05) is 6.07 Å². The van der Waals surface area contributed by atoms with E-state index in [2.05, 4.69) is 4.98 Å². The van der Waals surface area contributed by atoms with Gasteiger partial charge in [0.25, 0.3) is 5.91 Å². The van der Waals surface area contributed by atoms with Crippen LogP contribution in [0.5, 0.6) is 11.5 Å². The Kier molecular flexibility index (Phi) is 4.99. The van der Waals surface area contributed by atoms with E-state index >= 15 is 0 Å². The van der Waals surface area contributed by atoms with Gasteiger partial charge in [0.05, 0.1) is 25.3 Å². The maximum absolute atomic E-state index is 12.7. The molecular weight excluding hydrogens is 304 g/mol. The number of methoxy groups -OCH3 is 2. The number of pyridine rings is 1. The fraction of sp³-hybridized carbons (Fsp3) is 0.368. The summed E-state index contributed by atoms with van der Waals surface area (Å²) >= 11 is 0. The predicted molar refractivity (Wildman–Crippen MR) is 92.5 cm³/mol. The Labute approximate surface area is 142 Å². The van der Waals surface area contributed by atoms with Gasteiger partial charge in [-0.15, -0.1) is 0 Å². The van der Waals surface area contributed by atoms with Crippen LogP contribution in [-0.2, 0) is 0 Å². The number of likely N-dealkylation sites (tertiary alicyclic amines) is 1. The van der Waals surface area contributed by atoms with Crippen molar-refractivity contribution in [2.45, 2.75) is 19.3 Å². The molecule has 5 nitrogen and oxygen atoms in total. The van der Waals surface area contributed by atoms with Crippen LogP contribution in [0.25, 0.3) is 11.1 Å². The monoisotopic (exact) mass is 326 g/mol. The summed E-state index contributed by atoms with van der Waals surface area (Å²) in [5.41, 5.74) is 2.22. The average molecular weight is 326 g/mol. The Morgan fingerprint density at radius 2 is 1.71 bits per heavy atom. The Morgan fingerprint density at radius 3 is 2.33 bits per heavy atom. The number of carbonyl (C=O) groups excluding carboxylic acids is 1. The van der Waals surface area contributed by atoms with Crippen molar-refractivity contribution in [1.82, 2.24) is 9.88 Å². The van der Waals surface area contributed by atoms with Crippen LogP contribution >= 0.6 is 0 Å². The van der Waals surface area contributed by atoms with Gasteiger partial charge in [-0.05, 0) is 37.5 Å². The lowest BCUT2D eigenvalue weighted by molar-refractivity contribution is 0.0724. The number of hydrogen-bond acceptors (Lipinski definition) is 4. The van der Waals surface area contributed by atoms with E-state index in [9.17, 15) is 4.79 Å². The van der Waals surface area contributed by atoms with E-state index in [1.54, 1.807) is 26.6 Å². The van der Waals surface area contributed by atoms with Gasteiger partial charge >= 0.3 is 0 Å². The number of piperidine rings is 1. The van der Waals surface area contributed by atoms with Crippen LogP contribution in [0.4, 0.5) is 0 Å². The molecule has 0 bridgehead atoms. The molecule has 0 aliphatic carbocycles. The van der Waals surface area contributed by atoms with Crippen LogP contribution in [0, 0.1) is 0 Å². The van der Waals surface area contributed by atoms with E-state index in [1.807, 2.05) is 29.2 Å². The standard InChI is InChI=1S/C19H22N2O3/c1-23-16-7-6-8-17(24-2)18(16)14-11-15(13-20-12-14)19(22)21-9-4-3-5-10-21/h6-8,11-13H,3-5,9-10H2,1-2H3. The Morgan fingerprint density at radius 1 is 1.04 bits per heavy atom. The number of aromatic nitrogens is 1. The molecule has 3 rings (SSSR count). The second-order valence-electron chi connectivity index (χ2n) is 5.85. The Balaban J connectivity index is 1.98. The molecule has 1 saturated heterocycles. The highest BCUT2D eigenvalue weighted by molar-refractivity contribution is 5.95. The summed E-state index contributed by atoms with van der Waals surface area (Å²) in [6.45, 7) is 1.64. The number of carbonyl (C=O) groups is 1. The summed E-state index contributed by atoms with van der Waals surface area (Å²) in [4.78, 5) is 18.9. The fourth-order valence-electron chi connectivity index (χ4n) is 3.11. The molecule has 1 aliphatic heterocycles. The zero-order valence-electron chi connectivity index (χ0n) is 14.1. The minimum atomic E-state index is 0.0397. The summed E-state index contributed by atoms with van der Waals surface area (Å²) in [7, 11) is 3.24. The fourth-order valence-corrected chi connectivity index (χ4v) is 3.11. The van der Waals surface area contributed by atoms with Crippen molar-refractivity contribution < 1.29 is 14.3 Å². The molecule has 1 aliphatic rings. The summed E-state index contributed by atoms with van der Waals surface area (Å²) in [5, 5.41) is 0. The van der Waals surface area contributed by atoms with Gasteiger partial charge < -0.3 is 14.4 Å². The highest BCUT2D eigenvalue weighted by Crippen LogP contribution is 2.38. The highest BCUT2D eigenvalue weighted by atomic mass is 16.5. The van der Waals surface area contributed by atoms with Crippen LogP contribution in [-0.4, -0.2) is 43.1 Å². The van der Waals surface area contributed by atoms with Gasteiger partial charge in [0, 0.05) is 31.0 Å². The van der Waals surface area contributed by atoms with E-state index in [4.69, 9.17) is 9.47 Å². The normalized spacial score (nSPS) is 14.3. The van der Waals surface area contributed by atoms with Gasteiger partial charge in [0.1, 0.15) is 11.5 Å². The van der Waals surface area contributed by atoms with Gasteiger partial charge in [0.2, 0.25) is 0 Å². The Bertz CT molecular complexity index is 702. The van der Waals surface area contributed by atoms with E-state index in [-0.39, 0.29) is 5.91 Å². The minimum Gasteiger partial charge on any atom is -0.496 e. The van der Waals surface area contributed by atoms with E-state index in [1.165, 1.54) is 6.42 Å². The maximum atomic E-state index is 12.7. The molecule has 1 fully saturated rings. The molecule has 1 aromatic carbocycles. The van der Waals surface area contributed by atoms with Gasteiger partial charge in [0.15, 0.2) is 0 Å². The summed E-state index contributed by atoms with van der Waals surface area (Å²) < 4.78 is 10.9. The molecule has 126 valence electrons. The number of rotatable bonds is 4. The van der Waals surface area contributed by atoms with E-state index < -0.39 is 0 Å². The molecule has 2 aromatic rings. The first-order valence-corrected chi connectivity index (χ1v) is 8.20. The second kappa shape index (κ2) is 7.34. The number of benzene rings is 1. The molecule has 24 heavy (non-hydrogen) atoms. The van der Waals surface area contributed by atoms with Crippen LogP contribution in [0.2, 0.25) is 0 Å². The third-order valence-corrected chi connectivity index (χ3v) is 4.34. The number of amides is 1. The third kappa shape index (κ3) is 3.20. The quantitative estimate of drug-likeness (QED) is 0.864. The molecular formula is C19H22N2O3. The maximum Gasteiger partial charge on any atom is 0.255 e. The lowest BCUT2D eigenvalue weighted by atomic mass is 10.0. The highest BCUT2D eigenvalue weighted by Gasteiger charge is 2.20. The molecule has 0 N–H and O–H groups in total. The van der Waals surface area contributed by atoms with Crippen LogP contribution in [0.3, 0.4) is 0 Å². The Hall–Kier alpha value is -2.56. The van der Waals surface area contributed by atoms with Gasteiger partial charge in [-0.3, -0.25) is 9.78 Å². The van der Waals surface area contributed by atoms with Crippen molar-refractivity contribution in [3.8, 4) is 22.6 Å². The van der Waals surface area contributed by atoms with Crippen molar-refractivity contribution in [3.05, 3.63) is 42.2 Å². The van der Waals surface area contributed by atoms with Crippen LogP contribution in [0.1, 0.15) is 29.6 Å². The first-order valence-electron chi connectivity index (χ1n) is 8.20. The first kappa shape index (κ1) is 16.3. The number of nitrogens with zero attached hydrogens (tertiary/aromatic N) is 2. The van der Waals surface area contributed by atoms with Crippen LogP contribution in [0.15, 0.2) is 36.7 Å². The van der Waals surface area contributed by atoms with Crippen molar-refractivity contribution in [2.75, 3.05) is 27.3 Å². The zero-order chi connectivity index (χ0) is 16.9. The lowest BCUT2D eigenvalue weighted by Gasteiger charge is -2.26. The SMILES string of the molecule is COc1cccc(OC)c1-c1cncc(C(=O)N2CCCCC2)c1. The van der Waals surface area contributed by atoms with Gasteiger partial charge in [-0.25, -0.2) is 0 Å². The molecule has 1 aromatic heterocycles.